The number of hydrogen-bond acceptors (Lipinski definition) is 5. The van der Waals surface area contributed by atoms with E-state index >= 15 is 0 Å². The van der Waals surface area contributed by atoms with Crippen LogP contribution in [-0.2, 0) is 0 Å². The van der Waals surface area contributed by atoms with E-state index in [1.54, 1.807) is 19.2 Å². The highest BCUT2D eigenvalue weighted by molar-refractivity contribution is 5.50. The van der Waals surface area contributed by atoms with Gasteiger partial charge >= 0.3 is 11.6 Å². The highest BCUT2D eigenvalue weighted by atomic mass is 16.6. The van der Waals surface area contributed by atoms with Gasteiger partial charge in [-0.3, -0.25) is 10.1 Å². The lowest BCUT2D eigenvalue weighted by Gasteiger charge is -2.07. The fourth-order valence-corrected chi connectivity index (χ4v) is 1.58. The average molecular weight is 259 g/mol. The molecule has 0 spiro atoms. The number of rotatable bonds is 4. The Labute approximate surface area is 110 Å². The Kier molecular flexibility index (Phi) is 3.61. The summed E-state index contributed by atoms with van der Waals surface area (Å²) in [5.74, 6) is 1.000. The number of aryl methyl sites for hydroxylation is 1. The van der Waals surface area contributed by atoms with Crippen LogP contribution in [0.5, 0.6) is 11.6 Å². The molecule has 2 rings (SSSR count). The Hall–Kier alpha value is -2.63. The molecule has 0 saturated heterocycles. The summed E-state index contributed by atoms with van der Waals surface area (Å²) in [6.45, 7) is 1.92. The summed E-state index contributed by atoms with van der Waals surface area (Å²) in [7, 11) is 1.69. The van der Waals surface area contributed by atoms with Gasteiger partial charge in [0.25, 0.3) is 0 Å². The van der Waals surface area contributed by atoms with Crippen molar-refractivity contribution in [2.75, 3.05) is 12.4 Å². The number of anilines is 1. The number of aromatic nitrogens is 1. The molecule has 98 valence electrons. The summed E-state index contributed by atoms with van der Waals surface area (Å²) in [6.07, 6.45) is 0. The van der Waals surface area contributed by atoms with Crippen molar-refractivity contribution in [2.24, 2.45) is 0 Å². The molecule has 2 aromatic rings. The van der Waals surface area contributed by atoms with Gasteiger partial charge < -0.3 is 10.1 Å². The highest BCUT2D eigenvalue weighted by Crippen LogP contribution is 2.30. The smallest absolute Gasteiger partial charge is 0.331 e. The first-order valence-corrected chi connectivity index (χ1v) is 5.68. The van der Waals surface area contributed by atoms with Crippen molar-refractivity contribution < 1.29 is 9.66 Å². The van der Waals surface area contributed by atoms with Gasteiger partial charge in [0, 0.05) is 13.1 Å². The standard InChI is InChI=1S/C13H13N3O3/c1-9-4-3-5-10(8-9)19-13-11(16(17)18)6-7-12(14-2)15-13/h3-8H,1-2H3,(H,14,15). The van der Waals surface area contributed by atoms with Crippen LogP contribution in [0, 0.1) is 17.0 Å². The molecule has 0 aliphatic heterocycles. The number of benzene rings is 1. The van der Waals surface area contributed by atoms with Gasteiger partial charge in [-0.1, -0.05) is 12.1 Å². The Balaban J connectivity index is 2.39. The predicted octanol–water partition coefficient (Wildman–Crippen LogP) is 3.13. The summed E-state index contributed by atoms with van der Waals surface area (Å²) < 4.78 is 5.50. The van der Waals surface area contributed by atoms with Gasteiger partial charge in [0.2, 0.25) is 0 Å². The zero-order valence-corrected chi connectivity index (χ0v) is 10.6. The van der Waals surface area contributed by atoms with Crippen LogP contribution in [0.25, 0.3) is 0 Å². The SMILES string of the molecule is CNc1ccc([N+](=O)[O-])c(Oc2cccc(C)c2)n1. The van der Waals surface area contributed by atoms with Gasteiger partial charge in [-0.15, -0.1) is 0 Å². The molecule has 19 heavy (non-hydrogen) atoms. The van der Waals surface area contributed by atoms with Crippen molar-refractivity contribution >= 4 is 11.5 Å². The van der Waals surface area contributed by atoms with E-state index in [-0.39, 0.29) is 11.6 Å². The fourth-order valence-electron chi connectivity index (χ4n) is 1.58. The molecular formula is C13H13N3O3. The lowest BCUT2D eigenvalue weighted by atomic mass is 10.2. The van der Waals surface area contributed by atoms with Crippen LogP contribution in [0.4, 0.5) is 11.5 Å². The molecule has 0 amide bonds. The second-order valence-electron chi connectivity index (χ2n) is 3.95. The normalized spacial score (nSPS) is 10.0. The first-order valence-electron chi connectivity index (χ1n) is 5.68. The second kappa shape index (κ2) is 5.34. The quantitative estimate of drug-likeness (QED) is 0.674. The molecule has 1 aromatic heterocycles. The van der Waals surface area contributed by atoms with Gasteiger partial charge in [0.15, 0.2) is 0 Å². The van der Waals surface area contributed by atoms with Crippen molar-refractivity contribution in [3.05, 3.63) is 52.1 Å². The van der Waals surface area contributed by atoms with Gasteiger partial charge in [-0.2, -0.15) is 4.98 Å². The highest BCUT2D eigenvalue weighted by Gasteiger charge is 2.18. The molecule has 6 nitrogen and oxygen atoms in total. The van der Waals surface area contributed by atoms with Crippen molar-refractivity contribution in [1.29, 1.82) is 0 Å². The number of nitrogens with zero attached hydrogens (tertiary/aromatic N) is 2. The number of ether oxygens (including phenoxy) is 1. The van der Waals surface area contributed by atoms with Crippen molar-refractivity contribution in [1.82, 2.24) is 4.98 Å². The van der Waals surface area contributed by atoms with Gasteiger partial charge in [0.05, 0.1) is 4.92 Å². The van der Waals surface area contributed by atoms with Crippen LogP contribution in [0.1, 0.15) is 5.56 Å². The summed E-state index contributed by atoms with van der Waals surface area (Å²) in [4.78, 5) is 14.5. The number of nitrogens with one attached hydrogen (secondary N) is 1. The molecule has 0 bridgehead atoms. The van der Waals surface area contributed by atoms with Crippen molar-refractivity contribution in [3.8, 4) is 11.6 Å². The Morgan fingerprint density at radius 2 is 2.11 bits per heavy atom. The first kappa shape index (κ1) is 12.8. The number of nitro groups is 1. The minimum Gasteiger partial charge on any atom is -0.434 e. The molecule has 0 unspecified atom stereocenters. The van der Waals surface area contributed by atoms with Crippen LogP contribution in [0.3, 0.4) is 0 Å². The van der Waals surface area contributed by atoms with Crippen LogP contribution >= 0.6 is 0 Å². The molecule has 1 aromatic carbocycles. The van der Waals surface area contributed by atoms with E-state index in [9.17, 15) is 10.1 Å². The maximum atomic E-state index is 10.9. The minimum absolute atomic E-state index is 0.0255. The first-order chi connectivity index (χ1) is 9.10. The molecule has 0 aliphatic carbocycles. The third-order valence-corrected chi connectivity index (χ3v) is 2.50. The van der Waals surface area contributed by atoms with Crippen LogP contribution in [0.15, 0.2) is 36.4 Å². The topological polar surface area (TPSA) is 77.3 Å². The third-order valence-electron chi connectivity index (χ3n) is 2.50. The van der Waals surface area contributed by atoms with E-state index in [4.69, 9.17) is 4.74 Å². The average Bonchev–Trinajstić information content (AvgIpc) is 2.38. The lowest BCUT2D eigenvalue weighted by Crippen LogP contribution is -1.99. The molecule has 0 saturated carbocycles. The molecular weight excluding hydrogens is 246 g/mol. The van der Waals surface area contributed by atoms with E-state index in [2.05, 4.69) is 10.3 Å². The van der Waals surface area contributed by atoms with E-state index in [0.717, 1.165) is 5.56 Å². The number of hydrogen-bond donors (Lipinski definition) is 1. The van der Waals surface area contributed by atoms with Crippen LogP contribution in [0.2, 0.25) is 0 Å². The van der Waals surface area contributed by atoms with Gasteiger partial charge in [-0.05, 0) is 30.7 Å². The fraction of sp³-hybridized carbons (Fsp3) is 0.154. The Bertz CT molecular complexity index is 614. The molecule has 1 heterocycles. The molecule has 0 radical (unpaired) electrons. The molecule has 0 aliphatic rings. The molecule has 0 atom stereocenters. The Morgan fingerprint density at radius 1 is 1.32 bits per heavy atom. The third kappa shape index (κ3) is 2.98. The second-order valence-corrected chi connectivity index (χ2v) is 3.95. The van der Waals surface area contributed by atoms with Crippen molar-refractivity contribution in [3.63, 3.8) is 0 Å². The minimum atomic E-state index is -0.516. The summed E-state index contributed by atoms with van der Waals surface area (Å²) in [6, 6.07) is 10.1. The largest absolute Gasteiger partial charge is 0.434 e. The monoisotopic (exact) mass is 259 g/mol. The molecule has 1 N–H and O–H groups in total. The number of pyridine rings is 1. The van der Waals surface area contributed by atoms with E-state index in [1.165, 1.54) is 12.1 Å². The predicted molar refractivity (Wildman–Crippen MR) is 71.7 cm³/mol. The zero-order chi connectivity index (χ0) is 13.8. The van der Waals surface area contributed by atoms with E-state index in [0.29, 0.717) is 11.6 Å². The summed E-state index contributed by atoms with van der Waals surface area (Å²) >= 11 is 0. The lowest BCUT2D eigenvalue weighted by molar-refractivity contribution is -0.386. The van der Waals surface area contributed by atoms with Gasteiger partial charge in [-0.25, -0.2) is 0 Å². The van der Waals surface area contributed by atoms with Gasteiger partial charge in [0.1, 0.15) is 11.6 Å². The summed E-state index contributed by atoms with van der Waals surface area (Å²) in [5.41, 5.74) is 0.838. The maximum absolute atomic E-state index is 10.9. The molecule has 0 fully saturated rings. The summed E-state index contributed by atoms with van der Waals surface area (Å²) in [5, 5.41) is 13.8. The van der Waals surface area contributed by atoms with Crippen LogP contribution < -0.4 is 10.1 Å². The maximum Gasteiger partial charge on any atom is 0.331 e. The van der Waals surface area contributed by atoms with Crippen LogP contribution in [-0.4, -0.2) is 17.0 Å². The van der Waals surface area contributed by atoms with E-state index < -0.39 is 4.92 Å². The Morgan fingerprint density at radius 3 is 2.74 bits per heavy atom. The van der Waals surface area contributed by atoms with Crippen molar-refractivity contribution in [2.45, 2.75) is 6.92 Å². The van der Waals surface area contributed by atoms with E-state index in [1.807, 2.05) is 19.1 Å². The zero-order valence-electron chi connectivity index (χ0n) is 10.6. The molecule has 6 heteroatoms.